The van der Waals surface area contributed by atoms with Gasteiger partial charge in [0, 0.05) is 0 Å². The first-order valence-electron chi connectivity index (χ1n) is 5.48. The molecule has 0 spiro atoms. The minimum Gasteiger partial charge on any atom is -0.480 e. The van der Waals surface area contributed by atoms with Crippen LogP contribution in [0.4, 0.5) is 9.18 Å². The molecule has 6 nitrogen and oxygen atoms in total. The molecule has 0 aromatic heterocycles. The summed E-state index contributed by atoms with van der Waals surface area (Å²) in [6, 6.07) is 7.00. The number of alkyl halides is 1. The summed E-state index contributed by atoms with van der Waals surface area (Å²) in [5.41, 5.74) is 0.718. The summed E-state index contributed by atoms with van der Waals surface area (Å²) in [5, 5.41) is 19.7. The predicted octanol–water partition coefficient (Wildman–Crippen LogP) is 0.696. The molecule has 0 fully saturated rings. The van der Waals surface area contributed by atoms with Crippen LogP contribution in [0.25, 0.3) is 0 Å². The number of halogens is 1. The fraction of sp³-hybridized carbons (Fsp3) is 0.333. The zero-order valence-corrected chi connectivity index (χ0v) is 9.95. The maximum Gasteiger partial charge on any atom is 0.408 e. The lowest BCUT2D eigenvalue weighted by molar-refractivity contribution is -0.142. The highest BCUT2D eigenvalue weighted by Gasteiger charge is 2.28. The topological polar surface area (TPSA) is 95.9 Å². The highest BCUT2D eigenvalue weighted by Crippen LogP contribution is 2.02. The maximum absolute atomic E-state index is 12.2. The molecular formula is C12H14FNO5. The van der Waals surface area contributed by atoms with E-state index in [-0.39, 0.29) is 6.61 Å². The number of carboxylic acid groups (broad SMARTS) is 1. The van der Waals surface area contributed by atoms with Crippen molar-refractivity contribution < 1.29 is 28.9 Å². The van der Waals surface area contributed by atoms with Crippen molar-refractivity contribution >= 4 is 12.1 Å². The third kappa shape index (κ3) is 4.92. The van der Waals surface area contributed by atoms with E-state index in [0.717, 1.165) is 5.56 Å². The number of amides is 1. The van der Waals surface area contributed by atoms with Gasteiger partial charge >= 0.3 is 12.1 Å². The van der Waals surface area contributed by atoms with Gasteiger partial charge in [0.05, 0.1) is 0 Å². The maximum atomic E-state index is 12.2. The van der Waals surface area contributed by atoms with Crippen LogP contribution < -0.4 is 5.32 Å². The van der Waals surface area contributed by atoms with E-state index in [4.69, 9.17) is 14.9 Å². The van der Waals surface area contributed by atoms with Gasteiger partial charge in [0.2, 0.25) is 0 Å². The molecule has 0 aliphatic carbocycles. The van der Waals surface area contributed by atoms with Crippen LogP contribution in [0.5, 0.6) is 0 Å². The number of hydrogen-bond acceptors (Lipinski definition) is 4. The summed E-state index contributed by atoms with van der Waals surface area (Å²) in [6.45, 7) is -1.33. The van der Waals surface area contributed by atoms with Gasteiger partial charge in [-0.15, -0.1) is 0 Å². The number of ether oxygens (including phenoxy) is 1. The number of alkyl carbamates (subject to hydrolysis) is 1. The molecule has 0 aliphatic rings. The molecule has 1 amide bonds. The second-order valence-electron chi connectivity index (χ2n) is 3.74. The molecule has 0 aliphatic heterocycles. The molecular weight excluding hydrogens is 257 g/mol. The van der Waals surface area contributed by atoms with Crippen molar-refractivity contribution in [3.8, 4) is 0 Å². The van der Waals surface area contributed by atoms with Crippen LogP contribution in [0.15, 0.2) is 30.3 Å². The second-order valence-corrected chi connectivity index (χ2v) is 3.74. The molecule has 0 bridgehead atoms. The highest BCUT2D eigenvalue weighted by molar-refractivity contribution is 5.80. The third-order valence-corrected chi connectivity index (χ3v) is 2.30. The molecule has 2 atom stereocenters. The Morgan fingerprint density at radius 1 is 1.32 bits per heavy atom. The van der Waals surface area contributed by atoms with Gasteiger partial charge in [-0.3, -0.25) is 0 Å². The Morgan fingerprint density at radius 2 is 1.95 bits per heavy atom. The van der Waals surface area contributed by atoms with Crippen molar-refractivity contribution in [2.45, 2.75) is 18.8 Å². The highest BCUT2D eigenvalue weighted by atomic mass is 19.1. The van der Waals surface area contributed by atoms with Gasteiger partial charge in [-0.05, 0) is 5.56 Å². The summed E-state index contributed by atoms with van der Waals surface area (Å²) in [6.07, 6.45) is -2.86. The van der Waals surface area contributed by atoms with Gasteiger partial charge in [-0.2, -0.15) is 0 Å². The van der Waals surface area contributed by atoms with Crippen LogP contribution in [0.3, 0.4) is 0 Å². The quantitative estimate of drug-likeness (QED) is 0.707. The van der Waals surface area contributed by atoms with E-state index in [1.165, 1.54) is 0 Å². The SMILES string of the molecule is O=C(NC(C(=O)O)C(O)CF)OCc1ccccc1. The van der Waals surface area contributed by atoms with E-state index in [0.29, 0.717) is 0 Å². The standard InChI is InChI=1S/C12H14FNO5/c13-6-9(15)10(11(16)17)14-12(18)19-7-8-4-2-1-3-5-8/h1-5,9-10,15H,6-7H2,(H,14,18)(H,16,17). The molecule has 0 saturated heterocycles. The summed E-state index contributed by atoms with van der Waals surface area (Å²) >= 11 is 0. The van der Waals surface area contributed by atoms with Crippen molar-refractivity contribution in [1.29, 1.82) is 0 Å². The van der Waals surface area contributed by atoms with Crippen LogP contribution >= 0.6 is 0 Å². The van der Waals surface area contributed by atoms with E-state index < -0.39 is 30.9 Å². The second kappa shape index (κ2) is 7.32. The molecule has 0 saturated carbocycles. The number of benzene rings is 1. The number of nitrogens with one attached hydrogen (secondary N) is 1. The van der Waals surface area contributed by atoms with Gasteiger partial charge in [0.1, 0.15) is 19.4 Å². The molecule has 1 aromatic rings. The van der Waals surface area contributed by atoms with Crippen LogP contribution in [0.2, 0.25) is 0 Å². The Morgan fingerprint density at radius 3 is 2.47 bits per heavy atom. The number of rotatable bonds is 6. The number of aliphatic hydroxyl groups excluding tert-OH is 1. The first kappa shape index (κ1) is 14.9. The lowest BCUT2D eigenvalue weighted by Gasteiger charge is -2.17. The molecule has 1 rings (SSSR count). The Kier molecular flexibility index (Phi) is 5.74. The molecule has 7 heteroatoms. The van der Waals surface area contributed by atoms with Gasteiger partial charge in [0.15, 0.2) is 6.04 Å². The average molecular weight is 271 g/mol. The fourth-order valence-electron chi connectivity index (χ4n) is 1.30. The molecule has 19 heavy (non-hydrogen) atoms. The minimum absolute atomic E-state index is 0.0509. The number of aliphatic carboxylic acids is 1. The van der Waals surface area contributed by atoms with E-state index in [2.05, 4.69) is 0 Å². The lowest BCUT2D eigenvalue weighted by atomic mass is 10.2. The van der Waals surface area contributed by atoms with Crippen molar-refractivity contribution in [2.24, 2.45) is 0 Å². The summed E-state index contributed by atoms with van der Waals surface area (Å²) in [7, 11) is 0. The smallest absolute Gasteiger partial charge is 0.408 e. The number of aliphatic hydroxyl groups is 1. The van der Waals surface area contributed by atoms with E-state index in [1.54, 1.807) is 30.3 Å². The predicted molar refractivity (Wildman–Crippen MR) is 63.2 cm³/mol. The van der Waals surface area contributed by atoms with E-state index in [1.807, 2.05) is 5.32 Å². The largest absolute Gasteiger partial charge is 0.480 e. The van der Waals surface area contributed by atoms with Gasteiger partial charge in [-0.25, -0.2) is 14.0 Å². The zero-order chi connectivity index (χ0) is 14.3. The number of carbonyl (C=O) groups is 2. The van der Waals surface area contributed by atoms with Crippen LogP contribution in [0, 0.1) is 0 Å². The van der Waals surface area contributed by atoms with Crippen molar-refractivity contribution in [2.75, 3.05) is 6.67 Å². The first-order valence-corrected chi connectivity index (χ1v) is 5.48. The van der Waals surface area contributed by atoms with Crippen LogP contribution in [-0.2, 0) is 16.1 Å². The number of carboxylic acids is 1. The fourth-order valence-corrected chi connectivity index (χ4v) is 1.30. The van der Waals surface area contributed by atoms with E-state index >= 15 is 0 Å². The Labute approximate surface area is 108 Å². The first-order chi connectivity index (χ1) is 9.04. The normalized spacial score (nSPS) is 13.4. The minimum atomic E-state index is -1.82. The van der Waals surface area contributed by atoms with Gasteiger partial charge in [-0.1, -0.05) is 30.3 Å². The van der Waals surface area contributed by atoms with Crippen molar-refractivity contribution in [3.63, 3.8) is 0 Å². The Balaban J connectivity index is 2.47. The molecule has 104 valence electrons. The van der Waals surface area contributed by atoms with Gasteiger partial charge < -0.3 is 20.3 Å². The van der Waals surface area contributed by atoms with Gasteiger partial charge in [0.25, 0.3) is 0 Å². The van der Waals surface area contributed by atoms with Crippen LogP contribution in [0.1, 0.15) is 5.56 Å². The Bertz CT molecular complexity index is 425. The molecule has 3 N–H and O–H groups in total. The summed E-state index contributed by atoms with van der Waals surface area (Å²) in [4.78, 5) is 22.0. The van der Waals surface area contributed by atoms with Crippen molar-refractivity contribution in [1.82, 2.24) is 5.32 Å². The van der Waals surface area contributed by atoms with Crippen LogP contribution in [-0.4, -0.2) is 41.1 Å². The zero-order valence-electron chi connectivity index (χ0n) is 9.95. The molecule has 1 aromatic carbocycles. The third-order valence-electron chi connectivity index (χ3n) is 2.30. The number of carbonyl (C=O) groups excluding carboxylic acids is 1. The number of hydrogen-bond donors (Lipinski definition) is 3. The van der Waals surface area contributed by atoms with E-state index in [9.17, 15) is 14.0 Å². The lowest BCUT2D eigenvalue weighted by Crippen LogP contribution is -2.49. The monoisotopic (exact) mass is 271 g/mol. The Hall–Kier alpha value is -2.15. The summed E-state index contributed by atoms with van der Waals surface area (Å²) in [5.74, 6) is -1.54. The van der Waals surface area contributed by atoms with Crippen molar-refractivity contribution in [3.05, 3.63) is 35.9 Å². The summed E-state index contributed by atoms with van der Waals surface area (Å²) < 4.78 is 16.9. The molecule has 0 heterocycles. The average Bonchev–Trinajstić information content (AvgIpc) is 2.42. The molecule has 0 radical (unpaired) electrons. The molecule has 2 unspecified atom stereocenters.